The molecule has 24 heavy (non-hydrogen) atoms. The molecule has 5 heteroatoms. The van der Waals surface area contributed by atoms with Crippen molar-refractivity contribution < 1.29 is 24.2 Å². The molecule has 130 valence electrons. The minimum Gasteiger partial charge on any atom is -0.458 e. The van der Waals surface area contributed by atoms with Gasteiger partial charge in [-0.05, 0) is 33.6 Å². The molecule has 0 aromatic heterocycles. The maximum atomic E-state index is 12.2. The Bertz CT molecular complexity index is 673. The molecule has 1 saturated heterocycles. The van der Waals surface area contributed by atoms with Crippen LogP contribution in [0.5, 0.6) is 0 Å². The average molecular weight is 332 g/mol. The summed E-state index contributed by atoms with van der Waals surface area (Å²) in [5.41, 5.74) is 2.05. The molecule has 3 aliphatic rings. The number of aliphatic hydroxyl groups is 1. The Morgan fingerprint density at radius 1 is 1.46 bits per heavy atom. The van der Waals surface area contributed by atoms with E-state index in [0.717, 1.165) is 17.6 Å². The zero-order chi connectivity index (χ0) is 17.8. The quantitative estimate of drug-likeness (QED) is 0.478. The number of hydrogen-bond acceptors (Lipinski definition) is 5. The molecule has 0 spiro atoms. The van der Waals surface area contributed by atoms with E-state index >= 15 is 0 Å². The molecule has 3 rings (SSSR count). The van der Waals surface area contributed by atoms with Gasteiger partial charge in [0.2, 0.25) is 0 Å². The Balaban J connectivity index is 2.13. The molecule has 1 aliphatic heterocycles. The van der Waals surface area contributed by atoms with Crippen molar-refractivity contribution in [2.24, 2.45) is 11.3 Å². The Morgan fingerprint density at radius 3 is 2.75 bits per heavy atom. The van der Waals surface area contributed by atoms with Crippen LogP contribution in [0.2, 0.25) is 0 Å². The fourth-order valence-electron chi connectivity index (χ4n) is 4.49. The predicted octanol–water partition coefficient (Wildman–Crippen LogP) is 2.45. The minimum atomic E-state index is -0.745. The molecule has 0 unspecified atom stereocenters. The van der Waals surface area contributed by atoms with Crippen LogP contribution in [0, 0.1) is 11.3 Å². The van der Waals surface area contributed by atoms with Crippen LogP contribution in [0.3, 0.4) is 0 Å². The fraction of sp³-hybridized carbons (Fsp3) is 0.579. The molecule has 0 bridgehead atoms. The highest BCUT2D eigenvalue weighted by molar-refractivity contribution is 5.91. The van der Waals surface area contributed by atoms with Gasteiger partial charge in [-0.3, -0.25) is 0 Å². The summed E-state index contributed by atoms with van der Waals surface area (Å²) in [7, 11) is 0. The van der Waals surface area contributed by atoms with Gasteiger partial charge in [-0.2, -0.15) is 0 Å². The zero-order valence-electron chi connectivity index (χ0n) is 14.4. The van der Waals surface area contributed by atoms with E-state index in [1.54, 1.807) is 6.92 Å². The zero-order valence-corrected chi connectivity index (χ0v) is 14.4. The van der Waals surface area contributed by atoms with Crippen LogP contribution < -0.4 is 0 Å². The summed E-state index contributed by atoms with van der Waals surface area (Å²) in [6.45, 7) is 13.0. The molecule has 1 N–H and O–H groups in total. The van der Waals surface area contributed by atoms with E-state index in [1.807, 2.05) is 13.8 Å². The Kier molecular flexibility index (Phi) is 3.95. The Labute approximate surface area is 142 Å². The lowest BCUT2D eigenvalue weighted by Crippen LogP contribution is -2.48. The second-order valence-electron chi connectivity index (χ2n) is 7.40. The summed E-state index contributed by atoms with van der Waals surface area (Å²) in [5, 5.41) is 10.7. The molecule has 0 aromatic rings. The van der Waals surface area contributed by atoms with Crippen LogP contribution in [0.25, 0.3) is 0 Å². The molecule has 2 fully saturated rings. The first-order chi connectivity index (χ1) is 11.2. The second-order valence-corrected chi connectivity index (χ2v) is 7.40. The molecule has 0 aromatic carbocycles. The summed E-state index contributed by atoms with van der Waals surface area (Å²) in [5.74, 6) is -1.43. The van der Waals surface area contributed by atoms with Crippen molar-refractivity contribution in [2.45, 2.75) is 58.3 Å². The molecule has 2 aliphatic carbocycles. The summed E-state index contributed by atoms with van der Waals surface area (Å²) >= 11 is 0. The van der Waals surface area contributed by atoms with Crippen LogP contribution in [0.1, 0.15) is 40.0 Å². The highest BCUT2D eigenvalue weighted by Crippen LogP contribution is 2.55. The number of ether oxygens (including phenoxy) is 2. The summed E-state index contributed by atoms with van der Waals surface area (Å²) in [6.07, 6.45) is 0.194. The third kappa shape index (κ3) is 2.25. The van der Waals surface area contributed by atoms with E-state index in [1.165, 1.54) is 0 Å². The van der Waals surface area contributed by atoms with Gasteiger partial charge in [0.25, 0.3) is 0 Å². The predicted molar refractivity (Wildman–Crippen MR) is 87.9 cm³/mol. The van der Waals surface area contributed by atoms with Crippen molar-refractivity contribution in [3.63, 3.8) is 0 Å². The maximum absolute atomic E-state index is 12.2. The highest BCUT2D eigenvalue weighted by atomic mass is 16.6. The van der Waals surface area contributed by atoms with E-state index in [9.17, 15) is 14.7 Å². The number of carbonyl (C=O) groups excluding carboxylic acids is 2. The van der Waals surface area contributed by atoms with Crippen molar-refractivity contribution in [1.82, 2.24) is 0 Å². The number of hydrogen-bond donors (Lipinski definition) is 1. The van der Waals surface area contributed by atoms with Crippen LogP contribution >= 0.6 is 0 Å². The average Bonchev–Trinajstić information content (AvgIpc) is 2.92. The highest BCUT2D eigenvalue weighted by Gasteiger charge is 2.59. The smallest absolute Gasteiger partial charge is 0.334 e. The van der Waals surface area contributed by atoms with Gasteiger partial charge in [0.15, 0.2) is 0 Å². The standard InChI is InChI=1S/C19H24O5/c1-9(2)17(21)24-16-15-11(4)18(22)23-13(15)8-10(3)12-6-7-14(20)19(12,16)5/h13-16,20H,1,4,6-8H2,2-3,5H3/t13-,14+,15-,16-,19+/m1/s1. The fourth-order valence-corrected chi connectivity index (χ4v) is 4.49. The second kappa shape index (κ2) is 5.59. The van der Waals surface area contributed by atoms with Crippen molar-refractivity contribution in [3.05, 3.63) is 35.5 Å². The van der Waals surface area contributed by atoms with Crippen LogP contribution in [0.15, 0.2) is 35.5 Å². The third-order valence-corrected chi connectivity index (χ3v) is 5.86. The molecular weight excluding hydrogens is 308 g/mol. The molecular formula is C19H24O5. The SMILES string of the molecule is C=C(C)C(=O)O[C@@H]1[C@@H]2C(=C)C(=O)O[C@@H]2CC(C)=C2CC[C@H](O)[C@]21C. The lowest BCUT2D eigenvalue weighted by molar-refractivity contribution is -0.159. The van der Waals surface area contributed by atoms with Crippen molar-refractivity contribution >= 4 is 11.9 Å². The van der Waals surface area contributed by atoms with Crippen molar-refractivity contribution in [1.29, 1.82) is 0 Å². The number of esters is 2. The van der Waals surface area contributed by atoms with E-state index in [2.05, 4.69) is 13.2 Å². The van der Waals surface area contributed by atoms with Gasteiger partial charge in [-0.25, -0.2) is 9.59 Å². The topological polar surface area (TPSA) is 72.8 Å². The van der Waals surface area contributed by atoms with Gasteiger partial charge in [-0.1, -0.05) is 24.3 Å². The summed E-state index contributed by atoms with van der Waals surface area (Å²) in [6, 6.07) is 0. The normalized spacial score (nSPS) is 38.3. The first-order valence-electron chi connectivity index (χ1n) is 8.31. The monoisotopic (exact) mass is 332 g/mol. The number of carbonyl (C=O) groups is 2. The van der Waals surface area contributed by atoms with E-state index in [4.69, 9.17) is 9.47 Å². The van der Waals surface area contributed by atoms with Crippen molar-refractivity contribution in [2.75, 3.05) is 0 Å². The number of rotatable bonds is 2. The molecule has 1 saturated carbocycles. The third-order valence-electron chi connectivity index (χ3n) is 5.86. The summed E-state index contributed by atoms with van der Waals surface area (Å²) in [4.78, 5) is 24.3. The lowest BCUT2D eigenvalue weighted by atomic mass is 9.71. The van der Waals surface area contributed by atoms with Gasteiger partial charge < -0.3 is 14.6 Å². The van der Waals surface area contributed by atoms with Crippen LogP contribution in [0.4, 0.5) is 0 Å². The summed E-state index contributed by atoms with van der Waals surface area (Å²) < 4.78 is 11.3. The van der Waals surface area contributed by atoms with E-state index < -0.39 is 41.6 Å². The lowest BCUT2D eigenvalue weighted by Gasteiger charge is -2.40. The largest absolute Gasteiger partial charge is 0.458 e. The van der Waals surface area contributed by atoms with Gasteiger partial charge in [0.1, 0.15) is 12.2 Å². The molecule has 5 nitrogen and oxygen atoms in total. The van der Waals surface area contributed by atoms with Gasteiger partial charge in [-0.15, -0.1) is 0 Å². The van der Waals surface area contributed by atoms with Gasteiger partial charge in [0.05, 0.1) is 17.4 Å². The first-order valence-corrected chi connectivity index (χ1v) is 8.31. The van der Waals surface area contributed by atoms with Crippen LogP contribution in [-0.4, -0.2) is 35.4 Å². The number of fused-ring (bicyclic) bond motifs is 2. The molecule has 1 heterocycles. The van der Waals surface area contributed by atoms with Crippen LogP contribution in [-0.2, 0) is 19.1 Å². The van der Waals surface area contributed by atoms with Gasteiger partial charge in [0, 0.05) is 17.6 Å². The van der Waals surface area contributed by atoms with Gasteiger partial charge >= 0.3 is 11.9 Å². The van der Waals surface area contributed by atoms with Crippen molar-refractivity contribution in [3.8, 4) is 0 Å². The minimum absolute atomic E-state index is 0.282. The Morgan fingerprint density at radius 2 is 2.12 bits per heavy atom. The maximum Gasteiger partial charge on any atom is 0.334 e. The molecule has 0 radical (unpaired) electrons. The van der Waals surface area contributed by atoms with E-state index in [0.29, 0.717) is 18.4 Å². The van der Waals surface area contributed by atoms with E-state index in [-0.39, 0.29) is 5.57 Å². The Hall–Kier alpha value is -1.88. The molecule has 0 amide bonds. The first kappa shape index (κ1) is 17.0. The molecule has 5 atom stereocenters. The number of aliphatic hydroxyl groups excluding tert-OH is 1.